The van der Waals surface area contributed by atoms with Crippen LogP contribution in [-0.2, 0) is 6.54 Å². The van der Waals surface area contributed by atoms with Gasteiger partial charge >= 0.3 is 6.03 Å². The van der Waals surface area contributed by atoms with E-state index in [0.29, 0.717) is 23.8 Å². The van der Waals surface area contributed by atoms with Gasteiger partial charge in [-0.05, 0) is 52.4 Å². The average molecular weight is 442 g/mol. The van der Waals surface area contributed by atoms with Gasteiger partial charge in [-0.3, -0.25) is 0 Å². The molecule has 0 unspecified atom stereocenters. The third-order valence-electron chi connectivity index (χ3n) is 3.30. The van der Waals surface area contributed by atoms with Gasteiger partial charge in [-0.2, -0.15) is 0 Å². The van der Waals surface area contributed by atoms with Crippen LogP contribution in [0.4, 0.5) is 10.5 Å². The molecule has 2 N–H and O–H groups in total. The summed E-state index contributed by atoms with van der Waals surface area (Å²) in [5.41, 5.74) is 1.60. The molecule has 0 aliphatic carbocycles. The molecule has 2 rings (SSSR count). The van der Waals surface area contributed by atoms with Gasteiger partial charge in [0.1, 0.15) is 0 Å². The highest BCUT2D eigenvalue weighted by atomic mass is 127. The van der Waals surface area contributed by atoms with Gasteiger partial charge in [0, 0.05) is 10.1 Å². The lowest BCUT2D eigenvalue weighted by Gasteiger charge is -2.15. The molecule has 0 aromatic heterocycles. The molecule has 0 aliphatic heterocycles. The van der Waals surface area contributed by atoms with Crippen molar-refractivity contribution in [1.82, 2.24) is 5.32 Å². The molecule has 0 aliphatic rings. The quantitative estimate of drug-likeness (QED) is 0.671. The Hall–Kier alpha value is -2.16. The molecular formula is C17H19IN2O4. The number of nitrogens with one attached hydrogen (secondary N) is 2. The van der Waals surface area contributed by atoms with Gasteiger partial charge in [0.2, 0.25) is 5.75 Å². The summed E-state index contributed by atoms with van der Waals surface area (Å²) in [6.45, 7) is 0.325. The fourth-order valence-corrected chi connectivity index (χ4v) is 2.67. The van der Waals surface area contributed by atoms with E-state index in [4.69, 9.17) is 14.2 Å². The Bertz CT molecular complexity index is 696. The van der Waals surface area contributed by atoms with E-state index in [1.807, 2.05) is 24.3 Å². The van der Waals surface area contributed by atoms with E-state index in [1.165, 1.54) is 0 Å². The number of urea groups is 1. The van der Waals surface area contributed by atoms with E-state index in [2.05, 4.69) is 33.2 Å². The number of anilines is 1. The van der Waals surface area contributed by atoms with Crippen LogP contribution < -0.4 is 24.8 Å². The third-order valence-corrected chi connectivity index (χ3v) is 4.24. The summed E-state index contributed by atoms with van der Waals surface area (Å²) in [5.74, 6) is 1.62. The van der Waals surface area contributed by atoms with Gasteiger partial charge in [-0.25, -0.2) is 4.79 Å². The summed E-state index contributed by atoms with van der Waals surface area (Å²) in [7, 11) is 4.66. The Morgan fingerprint density at radius 2 is 1.67 bits per heavy atom. The van der Waals surface area contributed by atoms with Crippen molar-refractivity contribution in [3.05, 3.63) is 45.5 Å². The molecule has 7 heteroatoms. The molecule has 128 valence electrons. The van der Waals surface area contributed by atoms with E-state index in [9.17, 15) is 4.79 Å². The first-order valence-corrected chi connectivity index (χ1v) is 8.25. The summed E-state index contributed by atoms with van der Waals surface area (Å²) < 4.78 is 16.9. The molecular weight excluding hydrogens is 423 g/mol. The Morgan fingerprint density at radius 1 is 1.04 bits per heavy atom. The topological polar surface area (TPSA) is 68.8 Å². The van der Waals surface area contributed by atoms with Crippen molar-refractivity contribution in [2.75, 3.05) is 26.6 Å². The van der Waals surface area contributed by atoms with Crippen LogP contribution in [0.3, 0.4) is 0 Å². The third kappa shape index (κ3) is 4.44. The lowest BCUT2D eigenvalue weighted by molar-refractivity contribution is 0.251. The minimum atomic E-state index is -0.284. The second kappa shape index (κ2) is 8.62. The Labute approximate surface area is 154 Å². The summed E-state index contributed by atoms with van der Waals surface area (Å²) in [6, 6.07) is 10.9. The van der Waals surface area contributed by atoms with Gasteiger partial charge < -0.3 is 24.8 Å². The van der Waals surface area contributed by atoms with Crippen molar-refractivity contribution in [2.45, 2.75) is 6.54 Å². The second-order valence-electron chi connectivity index (χ2n) is 4.82. The highest BCUT2D eigenvalue weighted by molar-refractivity contribution is 14.1. The standard InChI is InChI=1S/C17H19IN2O4/c1-22-14-8-11(9-15(23-2)16(14)24-3)10-19-17(21)20-13-7-5-4-6-12(13)18/h4-9H,10H2,1-3H3,(H2,19,20,21). The number of hydrogen-bond donors (Lipinski definition) is 2. The highest BCUT2D eigenvalue weighted by Crippen LogP contribution is 2.38. The smallest absolute Gasteiger partial charge is 0.319 e. The minimum Gasteiger partial charge on any atom is -0.493 e. The lowest BCUT2D eigenvalue weighted by atomic mass is 10.2. The molecule has 0 saturated heterocycles. The number of methoxy groups -OCH3 is 3. The largest absolute Gasteiger partial charge is 0.493 e. The number of carbonyl (C=O) groups is 1. The number of benzene rings is 2. The second-order valence-corrected chi connectivity index (χ2v) is 5.98. The number of amides is 2. The Balaban J connectivity index is 2.06. The molecule has 0 spiro atoms. The number of rotatable bonds is 6. The summed E-state index contributed by atoms with van der Waals surface area (Å²) in [6.07, 6.45) is 0. The predicted molar refractivity (Wildman–Crippen MR) is 101 cm³/mol. The molecule has 6 nitrogen and oxygen atoms in total. The van der Waals surface area contributed by atoms with Crippen LogP contribution in [0.25, 0.3) is 0 Å². The van der Waals surface area contributed by atoms with Gasteiger partial charge in [-0.15, -0.1) is 0 Å². The van der Waals surface area contributed by atoms with Crippen LogP contribution in [-0.4, -0.2) is 27.4 Å². The van der Waals surface area contributed by atoms with Crippen LogP contribution in [0.1, 0.15) is 5.56 Å². The number of carbonyl (C=O) groups excluding carboxylic acids is 1. The van der Waals surface area contributed by atoms with Crippen LogP contribution in [0.15, 0.2) is 36.4 Å². The van der Waals surface area contributed by atoms with Crippen molar-refractivity contribution in [3.8, 4) is 17.2 Å². The van der Waals surface area contributed by atoms with Crippen molar-refractivity contribution < 1.29 is 19.0 Å². The zero-order chi connectivity index (χ0) is 17.5. The SMILES string of the molecule is COc1cc(CNC(=O)Nc2ccccc2I)cc(OC)c1OC. The maximum Gasteiger partial charge on any atom is 0.319 e. The molecule has 2 aromatic carbocycles. The monoisotopic (exact) mass is 442 g/mol. The maximum atomic E-state index is 12.1. The minimum absolute atomic E-state index is 0.284. The maximum absolute atomic E-state index is 12.1. The summed E-state index contributed by atoms with van der Waals surface area (Å²) in [5, 5.41) is 5.62. The zero-order valence-corrected chi connectivity index (χ0v) is 15.8. The van der Waals surface area contributed by atoms with Crippen molar-refractivity contribution in [3.63, 3.8) is 0 Å². The molecule has 0 fully saturated rings. The van der Waals surface area contributed by atoms with Gasteiger partial charge in [0.05, 0.1) is 27.0 Å². The molecule has 0 atom stereocenters. The fourth-order valence-electron chi connectivity index (χ4n) is 2.15. The molecule has 24 heavy (non-hydrogen) atoms. The molecule has 0 radical (unpaired) electrons. The lowest BCUT2D eigenvalue weighted by Crippen LogP contribution is -2.28. The molecule has 0 bridgehead atoms. The van der Waals surface area contributed by atoms with Crippen LogP contribution in [0, 0.1) is 3.57 Å². The van der Waals surface area contributed by atoms with E-state index >= 15 is 0 Å². The number of hydrogen-bond acceptors (Lipinski definition) is 4. The Morgan fingerprint density at radius 3 is 2.21 bits per heavy atom. The van der Waals surface area contributed by atoms with Crippen LogP contribution in [0.2, 0.25) is 0 Å². The molecule has 0 saturated carbocycles. The van der Waals surface area contributed by atoms with Crippen molar-refractivity contribution in [2.24, 2.45) is 0 Å². The predicted octanol–water partition coefficient (Wildman–Crippen LogP) is 3.64. The van der Waals surface area contributed by atoms with Gasteiger partial charge in [0.25, 0.3) is 0 Å². The average Bonchev–Trinajstić information content (AvgIpc) is 2.60. The molecule has 2 amide bonds. The highest BCUT2D eigenvalue weighted by Gasteiger charge is 2.13. The van der Waals surface area contributed by atoms with E-state index < -0.39 is 0 Å². The van der Waals surface area contributed by atoms with Gasteiger partial charge in [0.15, 0.2) is 11.5 Å². The van der Waals surface area contributed by atoms with Crippen LogP contribution in [0.5, 0.6) is 17.2 Å². The normalized spacial score (nSPS) is 10.0. The zero-order valence-electron chi connectivity index (χ0n) is 13.7. The van der Waals surface area contributed by atoms with Crippen molar-refractivity contribution in [1.29, 1.82) is 0 Å². The van der Waals surface area contributed by atoms with E-state index in [1.54, 1.807) is 33.5 Å². The van der Waals surface area contributed by atoms with E-state index in [-0.39, 0.29) is 6.03 Å². The van der Waals surface area contributed by atoms with Crippen LogP contribution >= 0.6 is 22.6 Å². The number of halogens is 1. The molecule has 2 aromatic rings. The van der Waals surface area contributed by atoms with Gasteiger partial charge in [-0.1, -0.05) is 12.1 Å². The summed E-state index contributed by atoms with van der Waals surface area (Å²) in [4.78, 5) is 12.1. The number of para-hydroxylation sites is 1. The first kappa shape index (κ1) is 18.2. The first-order valence-electron chi connectivity index (χ1n) is 7.17. The Kier molecular flexibility index (Phi) is 6.53. The van der Waals surface area contributed by atoms with Crippen molar-refractivity contribution >= 4 is 34.3 Å². The number of ether oxygens (including phenoxy) is 3. The van der Waals surface area contributed by atoms with E-state index in [0.717, 1.165) is 14.8 Å². The first-order chi connectivity index (χ1) is 11.6. The summed E-state index contributed by atoms with van der Waals surface area (Å²) >= 11 is 2.17. The fraction of sp³-hybridized carbons (Fsp3) is 0.235. The molecule has 0 heterocycles.